The molecular formula is C23H25N3O4. The van der Waals surface area contributed by atoms with Gasteiger partial charge in [0.2, 0.25) is 5.91 Å². The summed E-state index contributed by atoms with van der Waals surface area (Å²) in [6.07, 6.45) is 2.26. The first-order valence-electron chi connectivity index (χ1n) is 10.0. The van der Waals surface area contributed by atoms with Gasteiger partial charge in [0.15, 0.2) is 0 Å². The summed E-state index contributed by atoms with van der Waals surface area (Å²) >= 11 is 0. The SMILES string of the molecule is COc1ccc(N(C)c2cc3ccccc3oc2=O)cc1NC(=O)CN1CCCC1. The van der Waals surface area contributed by atoms with Crippen molar-refractivity contribution in [2.45, 2.75) is 12.8 Å². The molecule has 2 heterocycles. The Hall–Kier alpha value is -3.32. The molecule has 3 aromatic rings. The molecule has 0 bridgehead atoms. The standard InChI is InChI=1S/C23H25N3O4/c1-25(19-13-16-7-3-4-8-20(16)30-23(19)28)17-9-10-21(29-2)18(14-17)24-22(27)15-26-11-5-6-12-26/h3-4,7-10,13-14H,5-6,11-12,15H2,1-2H3,(H,24,27). The Morgan fingerprint density at radius 2 is 1.93 bits per heavy atom. The van der Waals surface area contributed by atoms with Gasteiger partial charge >= 0.3 is 5.63 Å². The Kier molecular flexibility index (Phi) is 5.72. The maximum absolute atomic E-state index is 12.5. The largest absolute Gasteiger partial charge is 0.495 e. The maximum Gasteiger partial charge on any atom is 0.360 e. The molecule has 1 aromatic heterocycles. The Morgan fingerprint density at radius 3 is 2.70 bits per heavy atom. The van der Waals surface area contributed by atoms with E-state index in [1.165, 1.54) is 0 Å². The van der Waals surface area contributed by atoms with Gasteiger partial charge < -0.3 is 19.4 Å². The van der Waals surface area contributed by atoms with Crippen LogP contribution in [0.4, 0.5) is 17.1 Å². The average molecular weight is 407 g/mol. The van der Waals surface area contributed by atoms with E-state index in [1.807, 2.05) is 24.3 Å². The number of ether oxygens (including phenoxy) is 1. The molecule has 7 nitrogen and oxygen atoms in total. The molecular weight excluding hydrogens is 382 g/mol. The number of carbonyl (C=O) groups is 1. The first-order valence-corrected chi connectivity index (χ1v) is 10.0. The molecule has 0 unspecified atom stereocenters. The van der Waals surface area contributed by atoms with Crippen molar-refractivity contribution in [1.29, 1.82) is 0 Å². The summed E-state index contributed by atoms with van der Waals surface area (Å²) in [6.45, 7) is 2.26. The van der Waals surface area contributed by atoms with Gasteiger partial charge in [-0.3, -0.25) is 9.69 Å². The van der Waals surface area contributed by atoms with E-state index < -0.39 is 5.63 Å². The fourth-order valence-corrected chi connectivity index (χ4v) is 3.76. The van der Waals surface area contributed by atoms with E-state index in [9.17, 15) is 9.59 Å². The predicted molar refractivity (Wildman–Crippen MR) is 118 cm³/mol. The van der Waals surface area contributed by atoms with Crippen LogP contribution < -0.4 is 20.6 Å². The van der Waals surface area contributed by atoms with Crippen LogP contribution in [0.15, 0.2) is 57.7 Å². The first-order chi connectivity index (χ1) is 14.5. The van der Waals surface area contributed by atoms with Gasteiger partial charge in [0, 0.05) is 18.1 Å². The topological polar surface area (TPSA) is 75.0 Å². The molecule has 30 heavy (non-hydrogen) atoms. The Bertz CT molecular complexity index is 1120. The highest BCUT2D eigenvalue weighted by Gasteiger charge is 2.18. The van der Waals surface area contributed by atoms with Gasteiger partial charge in [0.05, 0.1) is 19.3 Å². The molecule has 1 N–H and O–H groups in total. The van der Waals surface area contributed by atoms with Gasteiger partial charge in [-0.2, -0.15) is 0 Å². The molecule has 7 heteroatoms. The second kappa shape index (κ2) is 8.59. The molecule has 1 amide bonds. The van der Waals surface area contributed by atoms with E-state index in [-0.39, 0.29) is 5.91 Å². The van der Waals surface area contributed by atoms with Crippen LogP contribution in [0.2, 0.25) is 0 Å². The van der Waals surface area contributed by atoms with Crippen molar-refractivity contribution in [2.24, 2.45) is 0 Å². The minimum Gasteiger partial charge on any atom is -0.495 e. The number of carbonyl (C=O) groups excluding carboxylic acids is 1. The third kappa shape index (κ3) is 4.16. The molecule has 1 saturated heterocycles. The van der Waals surface area contributed by atoms with Crippen LogP contribution in [0.3, 0.4) is 0 Å². The van der Waals surface area contributed by atoms with Gasteiger partial charge in [0.25, 0.3) is 0 Å². The van der Waals surface area contributed by atoms with E-state index >= 15 is 0 Å². The van der Waals surface area contributed by atoms with Crippen molar-refractivity contribution in [1.82, 2.24) is 4.90 Å². The average Bonchev–Trinajstić information content (AvgIpc) is 3.25. The molecule has 0 radical (unpaired) electrons. The number of hydrogen-bond donors (Lipinski definition) is 1. The van der Waals surface area contributed by atoms with Crippen molar-refractivity contribution in [3.8, 4) is 5.75 Å². The molecule has 1 aliphatic heterocycles. The highest BCUT2D eigenvalue weighted by molar-refractivity contribution is 5.94. The summed E-state index contributed by atoms with van der Waals surface area (Å²) in [5.74, 6) is 0.479. The van der Waals surface area contributed by atoms with E-state index in [2.05, 4.69) is 10.2 Å². The highest BCUT2D eigenvalue weighted by atomic mass is 16.5. The Balaban J connectivity index is 1.61. The zero-order valence-electron chi connectivity index (χ0n) is 17.2. The number of rotatable bonds is 6. The second-order valence-corrected chi connectivity index (χ2v) is 7.43. The number of fused-ring (bicyclic) bond motifs is 1. The summed E-state index contributed by atoms with van der Waals surface area (Å²) in [6, 6.07) is 14.6. The van der Waals surface area contributed by atoms with Gasteiger partial charge in [-0.05, 0) is 56.3 Å². The van der Waals surface area contributed by atoms with Gasteiger partial charge in [-0.1, -0.05) is 18.2 Å². The zero-order valence-corrected chi connectivity index (χ0v) is 17.2. The highest BCUT2D eigenvalue weighted by Crippen LogP contribution is 2.32. The monoisotopic (exact) mass is 407 g/mol. The predicted octanol–water partition coefficient (Wildman–Crippen LogP) is 3.60. The number of methoxy groups -OCH3 is 1. The molecule has 0 atom stereocenters. The number of nitrogens with one attached hydrogen (secondary N) is 1. The van der Waals surface area contributed by atoms with Crippen LogP contribution in [0, 0.1) is 0 Å². The fourth-order valence-electron chi connectivity index (χ4n) is 3.76. The zero-order chi connectivity index (χ0) is 21.1. The number of anilines is 3. The van der Waals surface area contributed by atoms with Crippen LogP contribution in [0.25, 0.3) is 11.0 Å². The minimum absolute atomic E-state index is 0.0831. The number of nitrogens with zero attached hydrogens (tertiary/aromatic N) is 2. The molecule has 1 fully saturated rings. The number of benzene rings is 2. The van der Waals surface area contributed by atoms with Crippen molar-refractivity contribution in [3.05, 3.63) is 59.0 Å². The normalized spacial score (nSPS) is 14.1. The van der Waals surface area contributed by atoms with Crippen molar-refractivity contribution < 1.29 is 13.9 Å². The van der Waals surface area contributed by atoms with Crippen LogP contribution in [-0.2, 0) is 4.79 Å². The summed E-state index contributed by atoms with van der Waals surface area (Å²) < 4.78 is 10.9. The molecule has 0 saturated carbocycles. The fraction of sp³-hybridized carbons (Fsp3) is 0.304. The lowest BCUT2D eigenvalue weighted by atomic mass is 10.2. The maximum atomic E-state index is 12.5. The molecule has 1 aliphatic rings. The molecule has 156 valence electrons. The lowest BCUT2D eigenvalue weighted by Gasteiger charge is -2.21. The van der Waals surface area contributed by atoms with Crippen molar-refractivity contribution in [2.75, 3.05) is 44.0 Å². The van der Waals surface area contributed by atoms with Crippen LogP contribution in [0.1, 0.15) is 12.8 Å². The smallest absolute Gasteiger partial charge is 0.360 e. The van der Waals surface area contributed by atoms with E-state index in [0.29, 0.717) is 29.3 Å². The van der Waals surface area contributed by atoms with Gasteiger partial charge in [-0.15, -0.1) is 0 Å². The van der Waals surface area contributed by atoms with Crippen LogP contribution in [-0.4, -0.2) is 44.6 Å². The van der Waals surface area contributed by atoms with Crippen LogP contribution in [0.5, 0.6) is 5.75 Å². The number of amides is 1. The second-order valence-electron chi connectivity index (χ2n) is 7.43. The van der Waals surface area contributed by atoms with E-state index in [1.54, 1.807) is 43.3 Å². The van der Waals surface area contributed by atoms with Crippen LogP contribution >= 0.6 is 0 Å². The summed E-state index contributed by atoms with van der Waals surface area (Å²) in [5.41, 5.74) is 1.83. The Morgan fingerprint density at radius 1 is 1.17 bits per heavy atom. The number of hydrogen-bond acceptors (Lipinski definition) is 6. The third-order valence-electron chi connectivity index (χ3n) is 5.39. The summed E-state index contributed by atoms with van der Waals surface area (Å²) in [7, 11) is 3.35. The van der Waals surface area contributed by atoms with Gasteiger partial charge in [0.1, 0.15) is 17.0 Å². The summed E-state index contributed by atoms with van der Waals surface area (Å²) in [4.78, 5) is 28.9. The minimum atomic E-state index is -0.424. The van der Waals surface area contributed by atoms with E-state index in [0.717, 1.165) is 37.0 Å². The lowest BCUT2D eigenvalue weighted by molar-refractivity contribution is -0.117. The van der Waals surface area contributed by atoms with Gasteiger partial charge in [-0.25, -0.2) is 4.79 Å². The molecule has 2 aromatic carbocycles. The molecule has 0 aliphatic carbocycles. The van der Waals surface area contributed by atoms with E-state index in [4.69, 9.17) is 9.15 Å². The van der Waals surface area contributed by atoms with Crippen molar-refractivity contribution >= 4 is 33.9 Å². The molecule has 4 rings (SSSR count). The lowest BCUT2D eigenvalue weighted by Crippen LogP contribution is -2.31. The number of para-hydroxylation sites is 1. The van der Waals surface area contributed by atoms with Crippen molar-refractivity contribution in [3.63, 3.8) is 0 Å². The Labute approximate surface area is 174 Å². The molecule has 0 spiro atoms. The summed E-state index contributed by atoms with van der Waals surface area (Å²) in [5, 5.41) is 3.78. The third-order valence-corrected chi connectivity index (χ3v) is 5.39. The number of likely N-dealkylation sites (tertiary alicyclic amines) is 1. The first kappa shape index (κ1) is 20.0. The quantitative estimate of drug-likeness (QED) is 0.630.